The lowest BCUT2D eigenvalue weighted by atomic mass is 10.1. The van der Waals surface area contributed by atoms with Crippen LogP contribution in [0, 0.1) is 0 Å². The van der Waals surface area contributed by atoms with Gasteiger partial charge in [0.2, 0.25) is 5.91 Å². The van der Waals surface area contributed by atoms with Gasteiger partial charge in [-0.05, 0) is 32.4 Å². The summed E-state index contributed by atoms with van der Waals surface area (Å²) in [6.45, 7) is 6.62. The number of nitrogens with one attached hydrogen (secondary N) is 1. The number of hydrogen-bond acceptors (Lipinski definition) is 4. The van der Waals surface area contributed by atoms with E-state index in [1.807, 2.05) is 13.8 Å². The minimum absolute atomic E-state index is 0. The molecule has 9 heteroatoms. The van der Waals surface area contributed by atoms with Gasteiger partial charge >= 0.3 is 0 Å². The molecule has 2 aromatic rings. The van der Waals surface area contributed by atoms with Gasteiger partial charge < -0.3 is 20.4 Å². The molecule has 1 heterocycles. The van der Waals surface area contributed by atoms with Crippen molar-refractivity contribution in [2.75, 3.05) is 6.61 Å². The number of aromatic nitrogens is 1. The van der Waals surface area contributed by atoms with Crippen LogP contribution in [0.2, 0.25) is 10.0 Å². The molecule has 1 aromatic heterocycles. The second kappa shape index (κ2) is 11.6. The average molecular weight is 465 g/mol. The van der Waals surface area contributed by atoms with Gasteiger partial charge in [-0.15, -0.1) is 12.4 Å². The maximum atomic E-state index is 13.1. The molecule has 0 saturated carbocycles. The predicted molar refractivity (Wildman–Crippen MR) is 122 cm³/mol. The number of amides is 1. The fraction of sp³-hybridized carbons (Fsp3) is 0.500. The minimum atomic E-state index is -0.269. The predicted octanol–water partition coefficient (Wildman–Crippen LogP) is 4.28. The number of nitrogens with zero attached hydrogens (tertiary/aromatic N) is 1. The highest BCUT2D eigenvalue weighted by Crippen LogP contribution is 2.34. The Morgan fingerprint density at radius 3 is 2.41 bits per heavy atom. The number of nitrogens with two attached hydrogens (primary N) is 1. The zero-order valence-corrected chi connectivity index (χ0v) is 19.2. The molecule has 0 spiro atoms. The number of rotatable bonds is 9. The number of carbonyl (C=O) groups excluding carboxylic acids is 1. The molecule has 0 aliphatic heterocycles. The van der Waals surface area contributed by atoms with Gasteiger partial charge in [0.1, 0.15) is 5.75 Å². The lowest BCUT2D eigenvalue weighted by Gasteiger charge is -2.20. The van der Waals surface area contributed by atoms with Crippen molar-refractivity contribution in [1.82, 2.24) is 9.88 Å². The lowest BCUT2D eigenvalue weighted by molar-refractivity contribution is -0.121. The maximum absolute atomic E-state index is 13.1. The van der Waals surface area contributed by atoms with Crippen LogP contribution in [0.25, 0.3) is 10.8 Å². The first-order valence-corrected chi connectivity index (χ1v) is 10.2. The third kappa shape index (κ3) is 6.25. The van der Waals surface area contributed by atoms with E-state index in [-0.39, 0.29) is 54.4 Å². The van der Waals surface area contributed by atoms with E-state index in [0.29, 0.717) is 33.8 Å². The van der Waals surface area contributed by atoms with E-state index in [9.17, 15) is 9.59 Å². The third-order valence-electron chi connectivity index (χ3n) is 4.32. The number of carbonyl (C=O) groups is 1. The summed E-state index contributed by atoms with van der Waals surface area (Å²) in [6.07, 6.45) is 1.99. The minimum Gasteiger partial charge on any atom is -0.491 e. The van der Waals surface area contributed by atoms with Crippen molar-refractivity contribution >= 4 is 52.3 Å². The smallest absolute Gasteiger partial charge is 0.258 e. The first-order chi connectivity index (χ1) is 13.3. The molecule has 1 amide bonds. The maximum Gasteiger partial charge on any atom is 0.258 e. The van der Waals surface area contributed by atoms with Crippen LogP contribution < -0.4 is 21.3 Å². The largest absolute Gasteiger partial charge is 0.491 e. The van der Waals surface area contributed by atoms with E-state index in [1.165, 1.54) is 4.57 Å². The lowest BCUT2D eigenvalue weighted by Crippen LogP contribution is -2.33. The van der Waals surface area contributed by atoms with Crippen LogP contribution >= 0.6 is 35.6 Å². The zero-order valence-electron chi connectivity index (χ0n) is 16.9. The van der Waals surface area contributed by atoms with Crippen LogP contribution in [-0.2, 0) is 17.9 Å². The Hall–Kier alpha value is -1.47. The second-order valence-corrected chi connectivity index (χ2v) is 7.74. The van der Waals surface area contributed by atoms with Gasteiger partial charge in [0.25, 0.3) is 5.56 Å². The molecular weight excluding hydrogens is 437 g/mol. The molecule has 0 atom stereocenters. The summed E-state index contributed by atoms with van der Waals surface area (Å²) in [7, 11) is 0. The van der Waals surface area contributed by atoms with Crippen LogP contribution in [0.1, 0.15) is 45.7 Å². The highest BCUT2D eigenvalue weighted by molar-refractivity contribution is 6.42. The van der Waals surface area contributed by atoms with Crippen molar-refractivity contribution in [3.63, 3.8) is 0 Å². The third-order valence-corrected chi connectivity index (χ3v) is 5.04. The topological polar surface area (TPSA) is 86.3 Å². The van der Waals surface area contributed by atoms with E-state index in [2.05, 4.69) is 12.2 Å². The quantitative estimate of drug-likeness (QED) is 0.542. The first-order valence-electron chi connectivity index (χ1n) is 9.46. The molecule has 29 heavy (non-hydrogen) atoms. The normalized spacial score (nSPS) is 10.9. The van der Waals surface area contributed by atoms with Crippen LogP contribution in [-0.4, -0.2) is 23.1 Å². The number of pyridine rings is 1. The molecular formula is C20H28Cl3N3O3. The Morgan fingerprint density at radius 1 is 1.24 bits per heavy atom. The molecule has 0 bridgehead atoms. The Morgan fingerprint density at radius 2 is 1.86 bits per heavy atom. The van der Waals surface area contributed by atoms with Crippen molar-refractivity contribution in [1.29, 1.82) is 0 Å². The molecule has 1 aromatic carbocycles. The summed E-state index contributed by atoms with van der Waals surface area (Å²) >= 11 is 12.3. The van der Waals surface area contributed by atoms with Crippen LogP contribution in [0.5, 0.6) is 5.75 Å². The van der Waals surface area contributed by atoms with Crippen molar-refractivity contribution in [3.05, 3.63) is 38.2 Å². The molecule has 0 saturated heterocycles. The van der Waals surface area contributed by atoms with Gasteiger partial charge in [0.05, 0.1) is 27.7 Å². The Kier molecular flexibility index (Phi) is 10.3. The molecule has 2 rings (SSSR count). The molecule has 0 radical (unpaired) electrons. The number of fused-ring (bicyclic) bond motifs is 1. The van der Waals surface area contributed by atoms with Crippen molar-refractivity contribution in [2.24, 2.45) is 5.73 Å². The van der Waals surface area contributed by atoms with Gasteiger partial charge in [-0.25, -0.2) is 0 Å². The monoisotopic (exact) mass is 463 g/mol. The van der Waals surface area contributed by atoms with Crippen molar-refractivity contribution < 1.29 is 9.53 Å². The highest BCUT2D eigenvalue weighted by Gasteiger charge is 2.19. The van der Waals surface area contributed by atoms with Gasteiger partial charge in [-0.1, -0.05) is 36.5 Å². The first kappa shape index (κ1) is 25.6. The fourth-order valence-corrected chi connectivity index (χ4v) is 3.31. The van der Waals surface area contributed by atoms with Gasteiger partial charge in [-0.3, -0.25) is 9.59 Å². The molecule has 6 nitrogen and oxygen atoms in total. The van der Waals surface area contributed by atoms with Crippen molar-refractivity contribution in [2.45, 2.75) is 59.2 Å². The fourth-order valence-electron chi connectivity index (χ4n) is 2.98. The summed E-state index contributed by atoms with van der Waals surface area (Å²) < 4.78 is 7.51. The Bertz CT molecular complexity index is 913. The van der Waals surface area contributed by atoms with E-state index >= 15 is 0 Å². The molecule has 0 unspecified atom stereocenters. The Labute approximate surface area is 187 Å². The molecule has 0 fully saturated rings. The van der Waals surface area contributed by atoms with E-state index in [4.69, 9.17) is 33.7 Å². The summed E-state index contributed by atoms with van der Waals surface area (Å²) in [4.78, 5) is 25.2. The van der Waals surface area contributed by atoms with E-state index in [0.717, 1.165) is 12.8 Å². The van der Waals surface area contributed by atoms with Crippen LogP contribution in [0.4, 0.5) is 0 Å². The highest BCUT2D eigenvalue weighted by atomic mass is 35.5. The van der Waals surface area contributed by atoms with Gasteiger partial charge in [0, 0.05) is 30.9 Å². The van der Waals surface area contributed by atoms with Crippen LogP contribution in [0.3, 0.4) is 0 Å². The second-order valence-electron chi connectivity index (χ2n) is 6.92. The van der Waals surface area contributed by atoms with Crippen molar-refractivity contribution in [3.8, 4) is 5.75 Å². The standard InChI is InChI=1S/C20H27Cl2N3O3.ClH/c1-4-5-8-28-19-13-9-15(21)16(22)10-14(13)20(27)25(17(19)11-23)7-6-18(26)24-12(2)3;/h9-10,12H,4-8,11,23H2,1-3H3,(H,24,26);1H. The number of hydrogen-bond donors (Lipinski definition) is 2. The SMILES string of the molecule is CCCCOc1c(CN)n(CCC(=O)NC(C)C)c(=O)c2cc(Cl)c(Cl)cc12.Cl. The summed E-state index contributed by atoms with van der Waals surface area (Å²) in [5.74, 6) is 0.390. The van der Waals surface area contributed by atoms with E-state index < -0.39 is 0 Å². The summed E-state index contributed by atoms with van der Waals surface area (Å²) in [5.41, 5.74) is 6.25. The van der Waals surface area contributed by atoms with Gasteiger partial charge in [0.15, 0.2) is 0 Å². The number of halogens is 3. The zero-order chi connectivity index (χ0) is 20.8. The summed E-state index contributed by atoms with van der Waals surface area (Å²) in [6, 6.07) is 3.21. The number of unbranched alkanes of at least 4 members (excludes halogenated alkanes) is 1. The average Bonchev–Trinajstić information content (AvgIpc) is 2.63. The summed E-state index contributed by atoms with van der Waals surface area (Å²) in [5, 5.41) is 4.42. The molecule has 0 aliphatic carbocycles. The molecule has 3 N–H and O–H groups in total. The number of benzene rings is 1. The Balaban J connectivity index is 0.00000420. The van der Waals surface area contributed by atoms with Crippen LogP contribution in [0.15, 0.2) is 16.9 Å². The molecule has 0 aliphatic rings. The van der Waals surface area contributed by atoms with E-state index in [1.54, 1.807) is 12.1 Å². The van der Waals surface area contributed by atoms with Gasteiger partial charge in [-0.2, -0.15) is 0 Å². The molecule has 162 valence electrons. The number of ether oxygens (including phenoxy) is 1.